The first-order valence-electron chi connectivity index (χ1n) is 7.43. The van der Waals surface area contributed by atoms with Crippen molar-refractivity contribution in [1.29, 1.82) is 0 Å². The second kappa shape index (κ2) is 5.83. The average Bonchev–Trinajstić information content (AvgIpc) is 2.46. The van der Waals surface area contributed by atoms with Gasteiger partial charge in [-0.1, -0.05) is 0 Å². The molecule has 0 bridgehead atoms. The fraction of sp³-hybridized carbons (Fsp3) is 0.600. The summed E-state index contributed by atoms with van der Waals surface area (Å²) in [5.74, 6) is -1.66. The summed E-state index contributed by atoms with van der Waals surface area (Å²) < 4.78 is 63.8. The lowest BCUT2D eigenvalue weighted by molar-refractivity contribution is -0.220. The third-order valence-electron chi connectivity index (χ3n) is 4.26. The monoisotopic (exact) mass is 334 g/mol. The van der Waals surface area contributed by atoms with Crippen LogP contribution < -0.4 is 10.5 Å². The largest absolute Gasteiger partial charge is 0.490 e. The molecule has 2 aliphatic rings. The molecule has 2 aliphatic heterocycles. The highest BCUT2D eigenvalue weighted by Crippen LogP contribution is 2.39. The number of hydrogen-bond acceptors (Lipinski definition) is 4. The van der Waals surface area contributed by atoms with Crippen molar-refractivity contribution in [3.63, 3.8) is 0 Å². The van der Waals surface area contributed by atoms with Gasteiger partial charge in [0, 0.05) is 18.8 Å². The van der Waals surface area contributed by atoms with Crippen molar-refractivity contribution < 1.29 is 27.0 Å². The normalized spacial score (nSPS) is 22.6. The molecule has 2 saturated heterocycles. The number of halogens is 4. The Hall–Kier alpha value is -1.54. The molecule has 0 radical (unpaired) electrons. The predicted octanol–water partition coefficient (Wildman–Crippen LogP) is 2.83. The minimum absolute atomic E-state index is 0.0313. The molecule has 23 heavy (non-hydrogen) atoms. The summed E-state index contributed by atoms with van der Waals surface area (Å²) in [4.78, 5) is 1.67. The van der Waals surface area contributed by atoms with Gasteiger partial charge < -0.3 is 15.2 Å². The zero-order valence-corrected chi connectivity index (χ0v) is 12.4. The van der Waals surface area contributed by atoms with E-state index in [1.165, 1.54) is 12.1 Å². The van der Waals surface area contributed by atoms with Gasteiger partial charge in [0.15, 0.2) is 0 Å². The van der Waals surface area contributed by atoms with Gasteiger partial charge in [-0.25, -0.2) is 4.39 Å². The third kappa shape index (κ3) is 3.37. The van der Waals surface area contributed by atoms with E-state index in [2.05, 4.69) is 0 Å². The van der Waals surface area contributed by atoms with E-state index >= 15 is 0 Å². The number of nitrogen functional groups attached to an aromatic ring is 1. The number of piperidine rings is 1. The van der Waals surface area contributed by atoms with E-state index in [0.29, 0.717) is 25.9 Å². The van der Waals surface area contributed by atoms with Crippen LogP contribution >= 0.6 is 0 Å². The van der Waals surface area contributed by atoms with Gasteiger partial charge in [-0.05, 0) is 31.0 Å². The van der Waals surface area contributed by atoms with E-state index < -0.39 is 17.5 Å². The maximum Gasteiger partial charge on any atom is 0.420 e. The molecule has 0 aliphatic carbocycles. The minimum Gasteiger partial charge on any atom is -0.490 e. The first-order chi connectivity index (χ1) is 10.8. The zero-order chi connectivity index (χ0) is 16.7. The molecule has 2 fully saturated rings. The highest BCUT2D eigenvalue weighted by atomic mass is 19.4. The summed E-state index contributed by atoms with van der Waals surface area (Å²) in [5.41, 5.74) is 4.58. The van der Waals surface area contributed by atoms with Crippen molar-refractivity contribution in [3.8, 4) is 5.75 Å². The highest BCUT2D eigenvalue weighted by molar-refractivity contribution is 5.49. The molecule has 1 aromatic carbocycles. The van der Waals surface area contributed by atoms with Crippen molar-refractivity contribution in [1.82, 2.24) is 4.90 Å². The van der Waals surface area contributed by atoms with Crippen molar-refractivity contribution in [2.75, 3.05) is 32.0 Å². The van der Waals surface area contributed by atoms with Crippen LogP contribution in [0.4, 0.5) is 23.2 Å². The van der Waals surface area contributed by atoms with E-state index in [9.17, 15) is 17.6 Å². The minimum atomic E-state index is -4.53. The van der Waals surface area contributed by atoms with Crippen LogP contribution in [0, 0.1) is 0 Å². The fourth-order valence-corrected chi connectivity index (χ4v) is 2.88. The lowest BCUT2D eigenvalue weighted by atomic mass is 10.0. The summed E-state index contributed by atoms with van der Waals surface area (Å²) >= 11 is 0. The topological polar surface area (TPSA) is 47.7 Å². The van der Waals surface area contributed by atoms with Crippen LogP contribution in [0.5, 0.6) is 5.75 Å². The van der Waals surface area contributed by atoms with Crippen LogP contribution in [-0.4, -0.2) is 43.1 Å². The van der Waals surface area contributed by atoms with Gasteiger partial charge in [-0.2, -0.15) is 13.2 Å². The molecule has 4 nitrogen and oxygen atoms in total. The Balaban J connectivity index is 1.65. The molecule has 0 aromatic heterocycles. The van der Waals surface area contributed by atoms with Crippen molar-refractivity contribution in [2.24, 2.45) is 0 Å². The third-order valence-corrected chi connectivity index (χ3v) is 4.26. The first kappa shape index (κ1) is 16.3. The van der Waals surface area contributed by atoms with E-state index in [1.54, 1.807) is 4.90 Å². The number of ether oxygens (including phenoxy) is 2. The second-order valence-electron chi connectivity index (χ2n) is 5.97. The summed E-state index contributed by atoms with van der Waals surface area (Å²) in [6.45, 7) is 0.963. The Bertz CT molecular complexity index is 567. The van der Waals surface area contributed by atoms with E-state index in [-0.39, 0.29) is 30.8 Å². The van der Waals surface area contributed by atoms with Gasteiger partial charge in [0.25, 0.3) is 0 Å². The van der Waals surface area contributed by atoms with E-state index in [0.717, 1.165) is 6.07 Å². The molecule has 0 amide bonds. The number of hydrogen-bond donors (Lipinski definition) is 1. The number of anilines is 1. The quantitative estimate of drug-likeness (QED) is 0.525. The molecule has 0 saturated carbocycles. The van der Waals surface area contributed by atoms with Crippen LogP contribution in [0.25, 0.3) is 0 Å². The molecule has 2 heterocycles. The predicted molar refractivity (Wildman–Crippen MR) is 75.7 cm³/mol. The fourth-order valence-electron chi connectivity index (χ4n) is 2.88. The lowest BCUT2D eigenvalue weighted by Crippen LogP contribution is -2.61. The maximum absolute atomic E-state index is 14.2. The highest BCUT2D eigenvalue weighted by Gasteiger charge is 2.46. The van der Waals surface area contributed by atoms with Crippen LogP contribution in [0.3, 0.4) is 0 Å². The number of rotatable bonds is 3. The Morgan fingerprint density at radius 1 is 1.22 bits per heavy atom. The van der Waals surface area contributed by atoms with Crippen LogP contribution in [0.15, 0.2) is 18.2 Å². The Labute approximate surface area is 131 Å². The van der Waals surface area contributed by atoms with E-state index in [4.69, 9.17) is 15.2 Å². The lowest BCUT2D eigenvalue weighted by Gasteiger charge is -2.46. The number of alkyl halides is 4. The molecule has 0 atom stereocenters. The van der Waals surface area contributed by atoms with Crippen molar-refractivity contribution in [3.05, 3.63) is 23.8 Å². The Morgan fingerprint density at radius 2 is 1.87 bits per heavy atom. The number of nitrogens with two attached hydrogens (primary N) is 1. The van der Waals surface area contributed by atoms with Gasteiger partial charge in [0.2, 0.25) is 5.79 Å². The molecule has 1 aromatic rings. The molecular formula is C15H18F4N2O2. The summed E-state index contributed by atoms with van der Waals surface area (Å²) in [6.07, 6.45) is -3.97. The summed E-state index contributed by atoms with van der Waals surface area (Å²) in [5, 5.41) is 0. The van der Waals surface area contributed by atoms with Gasteiger partial charge in [-0.3, -0.25) is 4.90 Å². The van der Waals surface area contributed by atoms with Crippen LogP contribution in [0.1, 0.15) is 18.4 Å². The number of likely N-dealkylation sites (tertiary alicyclic amines) is 1. The Kier molecular flexibility index (Phi) is 4.14. The average molecular weight is 334 g/mol. The number of benzene rings is 1. The maximum atomic E-state index is 14.2. The van der Waals surface area contributed by atoms with Crippen LogP contribution in [-0.2, 0) is 10.9 Å². The Morgan fingerprint density at radius 3 is 2.39 bits per heavy atom. The van der Waals surface area contributed by atoms with Gasteiger partial charge in [-0.15, -0.1) is 0 Å². The standard InChI is InChI=1S/C15H18F4N2O2/c16-14(8-22-9-14)21-5-3-11(4-6-21)23-13-2-1-10(20)7-12(13)15(17,18)19/h1-2,7,11H,3-6,8-9,20H2. The van der Waals surface area contributed by atoms with Crippen LogP contribution in [0.2, 0.25) is 0 Å². The SMILES string of the molecule is Nc1ccc(OC2CCN(C3(F)COC3)CC2)c(C(F)(F)F)c1. The molecule has 2 N–H and O–H groups in total. The molecular weight excluding hydrogens is 316 g/mol. The molecule has 0 spiro atoms. The zero-order valence-electron chi connectivity index (χ0n) is 12.4. The van der Waals surface area contributed by atoms with Gasteiger partial charge in [0.05, 0.1) is 18.8 Å². The molecule has 3 rings (SSSR count). The molecule has 128 valence electrons. The second-order valence-corrected chi connectivity index (χ2v) is 5.97. The van der Waals surface area contributed by atoms with Gasteiger partial charge in [0.1, 0.15) is 11.9 Å². The molecule has 8 heteroatoms. The summed E-state index contributed by atoms with van der Waals surface area (Å²) in [7, 11) is 0. The molecule has 0 unspecified atom stereocenters. The van der Waals surface area contributed by atoms with Crippen molar-refractivity contribution >= 4 is 5.69 Å². The number of nitrogens with zero attached hydrogens (tertiary/aromatic N) is 1. The van der Waals surface area contributed by atoms with E-state index in [1.807, 2.05) is 0 Å². The first-order valence-corrected chi connectivity index (χ1v) is 7.43. The van der Waals surface area contributed by atoms with Crippen molar-refractivity contribution in [2.45, 2.75) is 30.9 Å². The smallest absolute Gasteiger partial charge is 0.420 e. The summed E-state index contributed by atoms with van der Waals surface area (Å²) in [6, 6.07) is 3.48. The van der Waals surface area contributed by atoms with Gasteiger partial charge >= 0.3 is 6.18 Å².